The van der Waals surface area contributed by atoms with E-state index in [0.29, 0.717) is 15.9 Å². The van der Waals surface area contributed by atoms with Gasteiger partial charge in [0.2, 0.25) is 0 Å². The van der Waals surface area contributed by atoms with Gasteiger partial charge in [-0.15, -0.1) is 0 Å². The summed E-state index contributed by atoms with van der Waals surface area (Å²) in [5, 5.41) is 21.5. The van der Waals surface area contributed by atoms with E-state index in [1.165, 1.54) is 6.20 Å². The minimum atomic E-state index is -1.03. The van der Waals surface area contributed by atoms with E-state index in [1.54, 1.807) is 6.20 Å². The van der Waals surface area contributed by atoms with Gasteiger partial charge in [-0.1, -0.05) is 0 Å². The molecular weight excluding hydrogens is 252 g/mol. The molecule has 72 valence electrons. The van der Waals surface area contributed by atoms with Gasteiger partial charge >= 0.3 is 5.97 Å². The van der Waals surface area contributed by atoms with Gasteiger partial charge in [0.25, 0.3) is 0 Å². The molecule has 3 N–H and O–H groups in total. The predicted octanol–water partition coefficient (Wildman–Crippen LogP) is 1.26. The van der Waals surface area contributed by atoms with Crippen molar-refractivity contribution in [3.8, 4) is 11.4 Å². The topological polar surface area (TPSA) is 94.7 Å². The molecule has 0 aliphatic heterocycles. The SMILES string of the molecule is O=C(O)c1cn[nH]c1-c1[nH]ncc1Br. The second-order valence-electron chi connectivity index (χ2n) is 2.56. The first kappa shape index (κ1) is 8.95. The summed E-state index contributed by atoms with van der Waals surface area (Å²) in [6.07, 6.45) is 2.80. The number of aromatic carboxylic acids is 1. The second kappa shape index (κ2) is 3.26. The highest BCUT2D eigenvalue weighted by atomic mass is 79.9. The molecule has 2 aromatic rings. The summed E-state index contributed by atoms with van der Waals surface area (Å²) in [7, 11) is 0. The number of nitrogens with one attached hydrogen (secondary N) is 2. The zero-order chi connectivity index (χ0) is 10.1. The summed E-state index contributed by atoms with van der Waals surface area (Å²) < 4.78 is 0.684. The van der Waals surface area contributed by atoms with Crippen molar-refractivity contribution in [2.75, 3.05) is 0 Å². The van der Waals surface area contributed by atoms with E-state index in [2.05, 4.69) is 36.3 Å². The van der Waals surface area contributed by atoms with Crippen LogP contribution in [0.4, 0.5) is 0 Å². The van der Waals surface area contributed by atoms with Crippen molar-refractivity contribution in [1.82, 2.24) is 20.4 Å². The van der Waals surface area contributed by atoms with E-state index in [4.69, 9.17) is 5.11 Å². The Labute approximate surface area is 86.5 Å². The fourth-order valence-electron chi connectivity index (χ4n) is 1.09. The molecule has 0 atom stereocenters. The third-order valence-corrected chi connectivity index (χ3v) is 2.31. The highest BCUT2D eigenvalue weighted by Gasteiger charge is 2.17. The lowest BCUT2D eigenvalue weighted by atomic mass is 10.2. The molecular formula is C7H5BrN4O2. The number of carbonyl (C=O) groups is 1. The molecule has 0 spiro atoms. The van der Waals surface area contributed by atoms with Crippen molar-refractivity contribution < 1.29 is 9.90 Å². The van der Waals surface area contributed by atoms with Crippen LogP contribution in [0.3, 0.4) is 0 Å². The Bertz CT molecular complexity index is 475. The van der Waals surface area contributed by atoms with E-state index in [0.717, 1.165) is 0 Å². The monoisotopic (exact) mass is 256 g/mol. The molecule has 0 bridgehead atoms. The number of hydrogen-bond donors (Lipinski definition) is 3. The number of rotatable bonds is 2. The van der Waals surface area contributed by atoms with Gasteiger partial charge in [-0.05, 0) is 15.9 Å². The van der Waals surface area contributed by atoms with Crippen LogP contribution in [0.5, 0.6) is 0 Å². The smallest absolute Gasteiger partial charge is 0.339 e. The molecule has 0 radical (unpaired) electrons. The molecule has 14 heavy (non-hydrogen) atoms. The average molecular weight is 257 g/mol. The number of H-pyrrole nitrogens is 2. The van der Waals surface area contributed by atoms with Gasteiger partial charge < -0.3 is 5.11 Å². The van der Waals surface area contributed by atoms with Gasteiger partial charge in [-0.2, -0.15) is 10.2 Å². The number of nitrogens with zero attached hydrogens (tertiary/aromatic N) is 2. The molecule has 0 saturated carbocycles. The Hall–Kier alpha value is -1.63. The Morgan fingerprint density at radius 1 is 1.29 bits per heavy atom. The lowest BCUT2D eigenvalue weighted by Gasteiger charge is -1.95. The van der Waals surface area contributed by atoms with E-state index in [1.807, 2.05) is 0 Å². The molecule has 0 amide bonds. The van der Waals surface area contributed by atoms with Gasteiger partial charge in [0.15, 0.2) is 0 Å². The fourth-order valence-corrected chi connectivity index (χ4v) is 1.47. The van der Waals surface area contributed by atoms with E-state index in [-0.39, 0.29) is 5.56 Å². The molecule has 0 fully saturated rings. The number of aromatic amines is 2. The van der Waals surface area contributed by atoms with Crippen LogP contribution in [0.1, 0.15) is 10.4 Å². The summed E-state index contributed by atoms with van der Waals surface area (Å²) in [5.74, 6) is -1.03. The summed E-state index contributed by atoms with van der Waals surface area (Å²) >= 11 is 3.24. The number of halogens is 1. The van der Waals surface area contributed by atoms with Crippen LogP contribution in [0.2, 0.25) is 0 Å². The third-order valence-electron chi connectivity index (χ3n) is 1.71. The molecule has 0 aliphatic carbocycles. The molecule has 2 rings (SSSR count). The van der Waals surface area contributed by atoms with Crippen LogP contribution in [-0.2, 0) is 0 Å². The van der Waals surface area contributed by atoms with Gasteiger partial charge in [0, 0.05) is 0 Å². The highest BCUT2D eigenvalue weighted by molar-refractivity contribution is 9.10. The Balaban J connectivity index is 2.57. The van der Waals surface area contributed by atoms with E-state index < -0.39 is 5.97 Å². The first-order valence-electron chi connectivity index (χ1n) is 3.66. The van der Waals surface area contributed by atoms with Crippen LogP contribution in [0.15, 0.2) is 16.9 Å². The molecule has 2 heterocycles. The van der Waals surface area contributed by atoms with Gasteiger partial charge in [0.1, 0.15) is 5.56 Å². The molecule has 7 heteroatoms. The maximum absolute atomic E-state index is 10.8. The Morgan fingerprint density at radius 3 is 2.50 bits per heavy atom. The lowest BCUT2D eigenvalue weighted by Crippen LogP contribution is -1.97. The molecule has 6 nitrogen and oxygen atoms in total. The minimum absolute atomic E-state index is 0.106. The predicted molar refractivity (Wildman–Crippen MR) is 50.8 cm³/mol. The molecule has 0 aromatic carbocycles. The van der Waals surface area contributed by atoms with Crippen molar-refractivity contribution in [2.24, 2.45) is 0 Å². The average Bonchev–Trinajstić information content (AvgIpc) is 2.70. The zero-order valence-corrected chi connectivity index (χ0v) is 8.37. The number of carboxylic acids is 1. The minimum Gasteiger partial charge on any atom is -0.478 e. The van der Waals surface area contributed by atoms with Crippen LogP contribution < -0.4 is 0 Å². The maximum atomic E-state index is 10.8. The largest absolute Gasteiger partial charge is 0.478 e. The fraction of sp³-hybridized carbons (Fsp3) is 0. The molecule has 0 saturated heterocycles. The van der Waals surface area contributed by atoms with Gasteiger partial charge in [-0.3, -0.25) is 10.2 Å². The normalized spacial score (nSPS) is 10.4. The van der Waals surface area contributed by atoms with E-state index >= 15 is 0 Å². The standard InChI is InChI=1S/C7H5BrN4O2/c8-4-2-10-12-6(4)5-3(7(13)14)1-9-11-5/h1-2H,(H,9,11)(H,10,12)(H,13,14). The second-order valence-corrected chi connectivity index (χ2v) is 3.41. The first-order valence-corrected chi connectivity index (χ1v) is 4.45. The van der Waals surface area contributed by atoms with Crippen molar-refractivity contribution in [3.05, 3.63) is 22.4 Å². The number of hydrogen-bond acceptors (Lipinski definition) is 3. The van der Waals surface area contributed by atoms with Crippen molar-refractivity contribution in [2.45, 2.75) is 0 Å². The van der Waals surface area contributed by atoms with Crippen molar-refractivity contribution in [3.63, 3.8) is 0 Å². The van der Waals surface area contributed by atoms with Crippen molar-refractivity contribution in [1.29, 1.82) is 0 Å². The molecule has 0 unspecified atom stereocenters. The van der Waals surface area contributed by atoms with Crippen LogP contribution in [0.25, 0.3) is 11.4 Å². The lowest BCUT2D eigenvalue weighted by molar-refractivity contribution is 0.0698. The summed E-state index contributed by atoms with van der Waals surface area (Å²) in [5.41, 5.74) is 1.08. The van der Waals surface area contributed by atoms with Crippen LogP contribution in [-0.4, -0.2) is 31.5 Å². The highest BCUT2D eigenvalue weighted by Crippen LogP contribution is 2.26. The number of aromatic nitrogens is 4. The van der Waals surface area contributed by atoms with Crippen LogP contribution >= 0.6 is 15.9 Å². The Morgan fingerprint density at radius 2 is 1.93 bits per heavy atom. The van der Waals surface area contributed by atoms with Crippen LogP contribution in [0, 0.1) is 0 Å². The van der Waals surface area contributed by atoms with Gasteiger partial charge in [0.05, 0.1) is 28.3 Å². The summed E-state index contributed by atoms with van der Waals surface area (Å²) in [4.78, 5) is 10.8. The first-order chi connectivity index (χ1) is 6.70. The molecule has 2 aromatic heterocycles. The zero-order valence-electron chi connectivity index (χ0n) is 6.78. The summed E-state index contributed by atoms with van der Waals surface area (Å²) in [6.45, 7) is 0. The summed E-state index contributed by atoms with van der Waals surface area (Å²) in [6, 6.07) is 0. The number of carboxylic acid groups (broad SMARTS) is 1. The quantitative estimate of drug-likeness (QED) is 0.754. The maximum Gasteiger partial charge on any atom is 0.339 e. The third kappa shape index (κ3) is 1.31. The van der Waals surface area contributed by atoms with E-state index in [9.17, 15) is 4.79 Å². The van der Waals surface area contributed by atoms with Gasteiger partial charge in [-0.25, -0.2) is 4.79 Å². The Kier molecular flexibility index (Phi) is 2.08. The molecule has 0 aliphatic rings. The van der Waals surface area contributed by atoms with Crippen molar-refractivity contribution >= 4 is 21.9 Å².